The third-order valence-corrected chi connectivity index (χ3v) is 3.78. The summed E-state index contributed by atoms with van der Waals surface area (Å²) in [5.74, 6) is 0. The van der Waals surface area contributed by atoms with Crippen molar-refractivity contribution in [1.29, 1.82) is 0 Å². The van der Waals surface area contributed by atoms with Gasteiger partial charge in [-0.2, -0.15) is 0 Å². The smallest absolute Gasteiger partial charge is 0.138 e. The van der Waals surface area contributed by atoms with Crippen LogP contribution >= 0.6 is 11.6 Å². The van der Waals surface area contributed by atoms with E-state index in [1.807, 2.05) is 34.7 Å². The van der Waals surface area contributed by atoms with Gasteiger partial charge in [-0.1, -0.05) is 48.9 Å². The van der Waals surface area contributed by atoms with Gasteiger partial charge in [-0.15, -0.1) is 0 Å². The number of fused-ring (bicyclic) bond motifs is 1. The third-order valence-electron chi connectivity index (χ3n) is 3.49. The molecule has 0 atom stereocenters. The molecule has 0 unspecified atom stereocenters. The number of nitrogens with two attached hydrogens (primary N) is 1. The van der Waals surface area contributed by atoms with Crippen molar-refractivity contribution in [2.24, 2.45) is 5.73 Å². The van der Waals surface area contributed by atoms with Gasteiger partial charge in [0.05, 0.1) is 11.4 Å². The Balaban J connectivity index is 2.22. The van der Waals surface area contributed by atoms with E-state index in [2.05, 4.69) is 19.1 Å². The predicted octanol–water partition coefficient (Wildman–Crippen LogP) is 3.68. The zero-order chi connectivity index (χ0) is 14.1. The minimum Gasteiger partial charge on any atom is -0.326 e. The molecule has 0 saturated heterocycles. The van der Waals surface area contributed by atoms with Crippen molar-refractivity contribution in [3.8, 4) is 11.3 Å². The van der Waals surface area contributed by atoms with Gasteiger partial charge in [0, 0.05) is 12.1 Å². The van der Waals surface area contributed by atoms with Gasteiger partial charge in [-0.3, -0.25) is 4.40 Å². The van der Waals surface area contributed by atoms with Crippen LogP contribution in [0.2, 0.25) is 5.15 Å². The molecular formula is C16H16ClN3. The Morgan fingerprint density at radius 3 is 2.55 bits per heavy atom. The van der Waals surface area contributed by atoms with E-state index in [1.54, 1.807) is 0 Å². The second kappa shape index (κ2) is 5.27. The summed E-state index contributed by atoms with van der Waals surface area (Å²) >= 11 is 6.30. The topological polar surface area (TPSA) is 43.3 Å². The van der Waals surface area contributed by atoms with Crippen LogP contribution in [0.5, 0.6) is 0 Å². The lowest BCUT2D eigenvalue weighted by Crippen LogP contribution is -1.96. The molecule has 0 radical (unpaired) electrons. The van der Waals surface area contributed by atoms with Gasteiger partial charge in [0.15, 0.2) is 0 Å². The second-order valence-electron chi connectivity index (χ2n) is 4.70. The predicted molar refractivity (Wildman–Crippen MR) is 82.9 cm³/mol. The molecule has 0 spiro atoms. The first kappa shape index (κ1) is 13.2. The van der Waals surface area contributed by atoms with Gasteiger partial charge in [0.1, 0.15) is 10.8 Å². The average Bonchev–Trinajstić information content (AvgIpc) is 2.87. The SMILES string of the molecule is CCc1c(-c2ccc(CN)cc2)nc2cccc(Cl)n12. The monoisotopic (exact) mass is 285 g/mol. The molecule has 0 fully saturated rings. The van der Waals surface area contributed by atoms with Crippen LogP contribution in [0.4, 0.5) is 0 Å². The van der Waals surface area contributed by atoms with Crippen LogP contribution in [0.1, 0.15) is 18.2 Å². The Bertz CT molecular complexity index is 744. The van der Waals surface area contributed by atoms with E-state index in [9.17, 15) is 0 Å². The lowest BCUT2D eigenvalue weighted by molar-refractivity contribution is 0.998. The molecule has 0 aliphatic heterocycles. The van der Waals surface area contributed by atoms with Crippen LogP contribution in [0.25, 0.3) is 16.9 Å². The van der Waals surface area contributed by atoms with Crippen LogP contribution in [0, 0.1) is 0 Å². The second-order valence-corrected chi connectivity index (χ2v) is 5.09. The van der Waals surface area contributed by atoms with Crippen LogP contribution in [0.15, 0.2) is 42.5 Å². The summed E-state index contributed by atoms with van der Waals surface area (Å²) in [4.78, 5) is 4.72. The molecule has 0 aliphatic carbocycles. The summed E-state index contributed by atoms with van der Waals surface area (Å²) in [5, 5.41) is 0.691. The van der Waals surface area contributed by atoms with E-state index in [-0.39, 0.29) is 0 Å². The van der Waals surface area contributed by atoms with Gasteiger partial charge in [0.2, 0.25) is 0 Å². The molecule has 2 N–H and O–H groups in total. The third kappa shape index (κ3) is 2.09. The highest BCUT2D eigenvalue weighted by molar-refractivity contribution is 6.29. The lowest BCUT2D eigenvalue weighted by Gasteiger charge is -2.04. The molecule has 3 rings (SSSR count). The Kier molecular flexibility index (Phi) is 3.47. The first-order valence-corrected chi connectivity index (χ1v) is 7.07. The summed E-state index contributed by atoms with van der Waals surface area (Å²) in [7, 11) is 0. The molecule has 3 nitrogen and oxygen atoms in total. The standard InChI is InChI=1S/C16H16ClN3/c1-2-13-16(12-8-6-11(10-18)7-9-12)19-15-5-3-4-14(17)20(13)15/h3-9H,2,10,18H2,1H3. The zero-order valence-electron chi connectivity index (χ0n) is 11.3. The first-order chi connectivity index (χ1) is 9.74. The maximum Gasteiger partial charge on any atom is 0.138 e. The summed E-state index contributed by atoms with van der Waals surface area (Å²) < 4.78 is 2.01. The van der Waals surface area contributed by atoms with Crippen molar-refractivity contribution in [1.82, 2.24) is 9.38 Å². The molecule has 1 aromatic carbocycles. The summed E-state index contributed by atoms with van der Waals surface area (Å²) in [6.07, 6.45) is 0.874. The maximum absolute atomic E-state index is 6.30. The highest BCUT2D eigenvalue weighted by atomic mass is 35.5. The van der Waals surface area contributed by atoms with Gasteiger partial charge >= 0.3 is 0 Å². The normalized spacial score (nSPS) is 11.2. The van der Waals surface area contributed by atoms with E-state index in [0.717, 1.165) is 34.6 Å². The molecule has 4 heteroatoms. The van der Waals surface area contributed by atoms with Crippen molar-refractivity contribution in [2.45, 2.75) is 19.9 Å². The molecular weight excluding hydrogens is 270 g/mol. The Morgan fingerprint density at radius 1 is 1.15 bits per heavy atom. The van der Waals surface area contributed by atoms with E-state index >= 15 is 0 Å². The quantitative estimate of drug-likeness (QED) is 0.746. The summed E-state index contributed by atoms with van der Waals surface area (Å²) in [5.41, 5.74) is 10.9. The highest BCUT2D eigenvalue weighted by Gasteiger charge is 2.14. The number of rotatable bonds is 3. The fourth-order valence-electron chi connectivity index (χ4n) is 2.47. The van der Waals surface area contributed by atoms with Crippen molar-refractivity contribution in [3.63, 3.8) is 0 Å². The van der Waals surface area contributed by atoms with Gasteiger partial charge in [-0.25, -0.2) is 4.98 Å². The van der Waals surface area contributed by atoms with E-state index in [1.165, 1.54) is 0 Å². The van der Waals surface area contributed by atoms with E-state index in [0.29, 0.717) is 11.7 Å². The largest absolute Gasteiger partial charge is 0.326 e. The summed E-state index contributed by atoms with van der Waals surface area (Å²) in [6.45, 7) is 2.67. The number of nitrogens with zero attached hydrogens (tertiary/aromatic N) is 2. The number of hydrogen-bond acceptors (Lipinski definition) is 2. The van der Waals surface area contributed by atoms with Crippen molar-refractivity contribution in [2.75, 3.05) is 0 Å². The molecule has 3 aromatic rings. The van der Waals surface area contributed by atoms with Crippen LogP contribution < -0.4 is 5.73 Å². The minimum absolute atomic E-state index is 0.553. The molecule has 0 aliphatic rings. The zero-order valence-corrected chi connectivity index (χ0v) is 12.1. The van der Waals surface area contributed by atoms with Crippen LogP contribution in [0.3, 0.4) is 0 Å². The van der Waals surface area contributed by atoms with Crippen molar-refractivity contribution in [3.05, 3.63) is 58.9 Å². The Morgan fingerprint density at radius 2 is 1.90 bits per heavy atom. The molecule has 20 heavy (non-hydrogen) atoms. The molecule has 0 bridgehead atoms. The number of halogens is 1. The van der Waals surface area contributed by atoms with Gasteiger partial charge in [-0.05, 0) is 24.1 Å². The van der Waals surface area contributed by atoms with E-state index < -0.39 is 0 Å². The molecule has 0 saturated carbocycles. The molecule has 0 amide bonds. The molecule has 102 valence electrons. The number of imidazole rings is 1. The van der Waals surface area contributed by atoms with Gasteiger partial charge in [0.25, 0.3) is 0 Å². The number of aryl methyl sites for hydroxylation is 1. The van der Waals surface area contributed by atoms with Crippen LogP contribution in [-0.4, -0.2) is 9.38 Å². The number of aromatic nitrogens is 2. The fourth-order valence-corrected chi connectivity index (χ4v) is 2.73. The average molecular weight is 286 g/mol. The summed E-state index contributed by atoms with van der Waals surface area (Å²) in [6, 6.07) is 14.0. The first-order valence-electron chi connectivity index (χ1n) is 6.69. The molecule has 2 aromatic heterocycles. The number of benzene rings is 1. The number of hydrogen-bond donors (Lipinski definition) is 1. The van der Waals surface area contributed by atoms with Crippen LogP contribution in [-0.2, 0) is 13.0 Å². The lowest BCUT2D eigenvalue weighted by atomic mass is 10.1. The Labute approximate surface area is 123 Å². The van der Waals surface area contributed by atoms with Gasteiger partial charge < -0.3 is 5.73 Å². The van der Waals surface area contributed by atoms with E-state index in [4.69, 9.17) is 22.3 Å². The molecule has 2 heterocycles. The maximum atomic E-state index is 6.30. The highest BCUT2D eigenvalue weighted by Crippen LogP contribution is 2.27. The van der Waals surface area contributed by atoms with Crippen molar-refractivity contribution < 1.29 is 0 Å². The Hall–Kier alpha value is -1.84. The number of pyridine rings is 1. The minimum atomic E-state index is 0.553. The fraction of sp³-hybridized carbons (Fsp3) is 0.188. The van der Waals surface area contributed by atoms with Crippen molar-refractivity contribution >= 4 is 17.2 Å².